The summed E-state index contributed by atoms with van der Waals surface area (Å²) >= 11 is 0. The number of carbonyl (C=O) groups is 1. The minimum atomic E-state index is -0.547. The van der Waals surface area contributed by atoms with E-state index in [1.165, 1.54) is 0 Å². The number of nitrogens with one attached hydrogen (secondary N) is 1. The molecule has 24 heavy (non-hydrogen) atoms. The second-order valence-corrected chi connectivity index (χ2v) is 7.39. The number of methoxy groups -OCH3 is 1. The summed E-state index contributed by atoms with van der Waals surface area (Å²) in [6.45, 7) is 9.66. The Kier molecular flexibility index (Phi) is 6.10. The van der Waals surface area contributed by atoms with E-state index in [1.807, 2.05) is 12.1 Å². The van der Waals surface area contributed by atoms with E-state index in [0.29, 0.717) is 18.2 Å². The van der Waals surface area contributed by atoms with Crippen LogP contribution in [0.4, 0.5) is 0 Å². The van der Waals surface area contributed by atoms with Crippen molar-refractivity contribution < 1.29 is 19.0 Å². The molecular formula is C19H29NO4. The third kappa shape index (κ3) is 4.87. The molecule has 0 saturated carbocycles. The van der Waals surface area contributed by atoms with E-state index in [9.17, 15) is 4.79 Å². The first-order valence-electron chi connectivity index (χ1n) is 8.51. The molecule has 0 aliphatic carbocycles. The number of ether oxygens (including phenoxy) is 3. The van der Waals surface area contributed by atoms with Gasteiger partial charge in [-0.25, -0.2) is 0 Å². The Morgan fingerprint density at radius 1 is 1.29 bits per heavy atom. The molecule has 0 radical (unpaired) electrons. The molecule has 1 aliphatic heterocycles. The molecular weight excluding hydrogens is 306 g/mol. The van der Waals surface area contributed by atoms with Crippen molar-refractivity contribution in [3.63, 3.8) is 0 Å². The van der Waals surface area contributed by atoms with Crippen LogP contribution >= 0.6 is 0 Å². The van der Waals surface area contributed by atoms with Crippen molar-refractivity contribution in [2.45, 2.75) is 46.3 Å². The van der Waals surface area contributed by atoms with Gasteiger partial charge in [0.25, 0.3) is 5.91 Å². The Bertz CT molecular complexity index is 535. The smallest absolute Gasteiger partial charge is 0.260 e. The van der Waals surface area contributed by atoms with Crippen LogP contribution in [0.5, 0.6) is 11.5 Å². The summed E-state index contributed by atoms with van der Waals surface area (Å²) in [7, 11) is 1.61. The zero-order chi connectivity index (χ0) is 17.7. The van der Waals surface area contributed by atoms with Gasteiger partial charge < -0.3 is 19.5 Å². The zero-order valence-corrected chi connectivity index (χ0v) is 15.3. The highest BCUT2D eigenvalue weighted by Gasteiger charge is 2.37. The molecule has 1 amide bonds. The molecule has 1 aliphatic rings. The molecule has 1 heterocycles. The van der Waals surface area contributed by atoms with Gasteiger partial charge in [0.2, 0.25) is 0 Å². The molecule has 0 aromatic heterocycles. The van der Waals surface area contributed by atoms with Crippen molar-refractivity contribution in [2.75, 3.05) is 20.3 Å². The predicted octanol–water partition coefficient (Wildman–Crippen LogP) is 3.03. The summed E-state index contributed by atoms with van der Waals surface area (Å²) in [5, 5.41) is 3.00. The van der Waals surface area contributed by atoms with Crippen LogP contribution in [0.3, 0.4) is 0 Å². The molecule has 0 spiro atoms. The van der Waals surface area contributed by atoms with Crippen molar-refractivity contribution >= 4 is 5.91 Å². The highest BCUT2D eigenvalue weighted by atomic mass is 16.5. The molecule has 1 aromatic rings. The fourth-order valence-electron chi connectivity index (χ4n) is 3.09. The molecule has 5 nitrogen and oxygen atoms in total. The number of benzene rings is 1. The summed E-state index contributed by atoms with van der Waals surface area (Å²) in [5.41, 5.74) is 0.0805. The van der Waals surface area contributed by atoms with Crippen LogP contribution in [0.25, 0.3) is 0 Å². The molecule has 134 valence electrons. The molecule has 1 N–H and O–H groups in total. The first kappa shape index (κ1) is 18.6. The van der Waals surface area contributed by atoms with E-state index >= 15 is 0 Å². The van der Waals surface area contributed by atoms with Crippen molar-refractivity contribution in [2.24, 2.45) is 11.3 Å². The topological polar surface area (TPSA) is 56.8 Å². The molecule has 2 rings (SSSR count). The Hall–Kier alpha value is -1.75. The van der Waals surface area contributed by atoms with Gasteiger partial charge in [-0.1, -0.05) is 20.8 Å². The summed E-state index contributed by atoms with van der Waals surface area (Å²) in [6, 6.07) is 7.21. The summed E-state index contributed by atoms with van der Waals surface area (Å²) in [6.07, 6.45) is 0.611. The SMILES string of the molecule is COc1ccc(O[C@H](C)C(=O)NC[C@H]2CCO[C@@H]2C(C)(C)C)cc1. The van der Waals surface area contributed by atoms with Crippen molar-refractivity contribution in [3.05, 3.63) is 24.3 Å². The van der Waals surface area contributed by atoms with E-state index in [2.05, 4.69) is 26.1 Å². The Morgan fingerprint density at radius 3 is 2.50 bits per heavy atom. The second kappa shape index (κ2) is 7.88. The van der Waals surface area contributed by atoms with Crippen LogP contribution in [0.15, 0.2) is 24.3 Å². The molecule has 3 atom stereocenters. The number of carbonyl (C=O) groups excluding carboxylic acids is 1. The Labute approximate surface area is 144 Å². The fourth-order valence-corrected chi connectivity index (χ4v) is 3.09. The lowest BCUT2D eigenvalue weighted by Crippen LogP contribution is -2.42. The lowest BCUT2D eigenvalue weighted by molar-refractivity contribution is -0.127. The van der Waals surface area contributed by atoms with E-state index < -0.39 is 6.10 Å². The number of hydrogen-bond acceptors (Lipinski definition) is 4. The first-order valence-corrected chi connectivity index (χ1v) is 8.51. The van der Waals surface area contributed by atoms with E-state index in [4.69, 9.17) is 14.2 Å². The van der Waals surface area contributed by atoms with E-state index in [1.54, 1.807) is 26.2 Å². The van der Waals surface area contributed by atoms with Crippen LogP contribution < -0.4 is 14.8 Å². The van der Waals surface area contributed by atoms with Crippen LogP contribution in [0, 0.1) is 11.3 Å². The predicted molar refractivity (Wildman–Crippen MR) is 93.4 cm³/mol. The average molecular weight is 335 g/mol. The largest absolute Gasteiger partial charge is 0.497 e. The standard InChI is InChI=1S/C19H29NO4/c1-13(24-16-8-6-15(22-5)7-9-16)18(21)20-12-14-10-11-23-17(14)19(2,3)4/h6-9,13-14,17H,10-12H2,1-5H3,(H,20,21)/t13-,14-,17+/m1/s1. The van der Waals surface area contributed by atoms with Gasteiger partial charge in [0, 0.05) is 19.1 Å². The van der Waals surface area contributed by atoms with E-state index in [0.717, 1.165) is 18.8 Å². The van der Waals surface area contributed by atoms with Crippen molar-refractivity contribution in [3.8, 4) is 11.5 Å². The van der Waals surface area contributed by atoms with Gasteiger partial charge in [-0.3, -0.25) is 4.79 Å². The van der Waals surface area contributed by atoms with Gasteiger partial charge in [-0.15, -0.1) is 0 Å². The van der Waals surface area contributed by atoms with Gasteiger partial charge >= 0.3 is 0 Å². The summed E-state index contributed by atoms with van der Waals surface area (Å²) in [5.74, 6) is 1.65. The maximum Gasteiger partial charge on any atom is 0.260 e. The quantitative estimate of drug-likeness (QED) is 0.868. The lowest BCUT2D eigenvalue weighted by atomic mass is 9.81. The molecule has 1 fully saturated rings. The van der Waals surface area contributed by atoms with Crippen molar-refractivity contribution in [1.82, 2.24) is 5.32 Å². The molecule has 5 heteroatoms. The third-order valence-electron chi connectivity index (χ3n) is 4.35. The van der Waals surface area contributed by atoms with Crippen LogP contribution in [-0.4, -0.2) is 38.4 Å². The minimum absolute atomic E-state index is 0.0805. The zero-order valence-electron chi connectivity index (χ0n) is 15.3. The lowest BCUT2D eigenvalue weighted by Gasteiger charge is -2.31. The Balaban J connectivity index is 1.83. The van der Waals surface area contributed by atoms with Gasteiger partial charge in [0.15, 0.2) is 6.10 Å². The van der Waals surface area contributed by atoms with Gasteiger partial charge in [-0.2, -0.15) is 0 Å². The highest BCUT2D eigenvalue weighted by Crippen LogP contribution is 2.34. The number of rotatable bonds is 6. The summed E-state index contributed by atoms with van der Waals surface area (Å²) < 4.78 is 16.6. The van der Waals surface area contributed by atoms with Gasteiger partial charge in [0.05, 0.1) is 13.2 Å². The van der Waals surface area contributed by atoms with Gasteiger partial charge in [-0.05, 0) is 43.0 Å². The maximum atomic E-state index is 12.3. The van der Waals surface area contributed by atoms with Crippen molar-refractivity contribution in [1.29, 1.82) is 0 Å². The van der Waals surface area contributed by atoms with Crippen LogP contribution in [0.1, 0.15) is 34.1 Å². The van der Waals surface area contributed by atoms with Crippen LogP contribution in [-0.2, 0) is 9.53 Å². The van der Waals surface area contributed by atoms with Crippen LogP contribution in [0.2, 0.25) is 0 Å². The number of hydrogen-bond donors (Lipinski definition) is 1. The van der Waals surface area contributed by atoms with Gasteiger partial charge in [0.1, 0.15) is 11.5 Å². The average Bonchev–Trinajstić information content (AvgIpc) is 3.02. The molecule has 0 bridgehead atoms. The monoisotopic (exact) mass is 335 g/mol. The summed E-state index contributed by atoms with van der Waals surface area (Å²) in [4.78, 5) is 12.3. The second-order valence-electron chi connectivity index (χ2n) is 7.39. The minimum Gasteiger partial charge on any atom is -0.497 e. The first-order chi connectivity index (χ1) is 11.3. The maximum absolute atomic E-state index is 12.3. The Morgan fingerprint density at radius 2 is 1.92 bits per heavy atom. The molecule has 1 aromatic carbocycles. The van der Waals surface area contributed by atoms with E-state index in [-0.39, 0.29) is 17.4 Å². The molecule has 1 saturated heterocycles. The third-order valence-corrected chi connectivity index (χ3v) is 4.35. The molecule has 0 unspecified atom stereocenters. The normalized spacial score (nSPS) is 22.0. The number of amides is 1. The highest BCUT2D eigenvalue weighted by molar-refractivity contribution is 5.80. The fraction of sp³-hybridized carbons (Fsp3) is 0.632.